The maximum atomic E-state index is 11.9. The molecule has 0 radical (unpaired) electrons. The van der Waals surface area contributed by atoms with Gasteiger partial charge in [-0.3, -0.25) is 4.79 Å². The fourth-order valence-corrected chi connectivity index (χ4v) is 2.98. The van der Waals surface area contributed by atoms with Gasteiger partial charge in [-0.05, 0) is 30.5 Å². The Hall–Kier alpha value is -0.870. The van der Waals surface area contributed by atoms with Crippen LogP contribution in [-0.2, 0) is 11.2 Å². The van der Waals surface area contributed by atoms with Crippen molar-refractivity contribution in [1.29, 1.82) is 0 Å². The van der Waals surface area contributed by atoms with Crippen LogP contribution < -0.4 is 5.32 Å². The van der Waals surface area contributed by atoms with Crippen molar-refractivity contribution in [3.05, 3.63) is 34.3 Å². The van der Waals surface area contributed by atoms with Gasteiger partial charge in [0.1, 0.15) is 0 Å². The number of halogens is 1. The highest BCUT2D eigenvalue weighted by atomic mass is 79.9. The predicted molar refractivity (Wildman–Crippen MR) is 74.2 cm³/mol. The summed E-state index contributed by atoms with van der Waals surface area (Å²) in [6, 6.07) is 7.92. The van der Waals surface area contributed by atoms with Crippen molar-refractivity contribution in [2.24, 2.45) is 5.92 Å². The summed E-state index contributed by atoms with van der Waals surface area (Å²) in [6.07, 6.45) is 3.48. The number of carbonyl (C=O) groups is 1. The zero-order valence-electron chi connectivity index (χ0n) is 10.2. The molecule has 0 aliphatic heterocycles. The second kappa shape index (κ2) is 6.34. The summed E-state index contributed by atoms with van der Waals surface area (Å²) < 4.78 is 0.988. The molecule has 2 N–H and O–H groups in total. The van der Waals surface area contributed by atoms with Gasteiger partial charge >= 0.3 is 0 Å². The molecule has 1 aliphatic carbocycles. The van der Waals surface area contributed by atoms with Crippen LogP contribution in [0.2, 0.25) is 0 Å². The summed E-state index contributed by atoms with van der Waals surface area (Å²) in [5, 5.41) is 12.3. The van der Waals surface area contributed by atoms with Crippen LogP contribution in [0, 0.1) is 5.92 Å². The maximum Gasteiger partial charge on any atom is 0.224 e. The van der Waals surface area contributed by atoms with Crippen molar-refractivity contribution in [3.8, 4) is 0 Å². The molecule has 1 saturated carbocycles. The van der Waals surface area contributed by atoms with Crippen LogP contribution in [0.5, 0.6) is 0 Å². The predicted octanol–water partition coefficient (Wildman–Crippen LogP) is 2.27. The number of carbonyl (C=O) groups excluding carboxylic acids is 1. The van der Waals surface area contributed by atoms with E-state index in [9.17, 15) is 9.90 Å². The first-order chi connectivity index (χ1) is 8.69. The minimum atomic E-state index is 0.0402. The number of hydrogen-bond donors (Lipinski definition) is 2. The molecule has 18 heavy (non-hydrogen) atoms. The second-order valence-electron chi connectivity index (χ2n) is 4.85. The first-order valence-corrected chi connectivity index (χ1v) is 7.13. The lowest BCUT2D eigenvalue weighted by Crippen LogP contribution is -2.39. The van der Waals surface area contributed by atoms with Crippen LogP contribution in [0.3, 0.4) is 0 Å². The minimum Gasteiger partial charge on any atom is -0.396 e. The lowest BCUT2D eigenvalue weighted by Gasteiger charge is -2.19. The average Bonchev–Trinajstić information content (AvgIpc) is 2.76. The van der Waals surface area contributed by atoms with E-state index in [2.05, 4.69) is 21.2 Å². The van der Waals surface area contributed by atoms with Crippen LogP contribution >= 0.6 is 15.9 Å². The number of hydrogen-bond acceptors (Lipinski definition) is 2. The number of nitrogens with one attached hydrogen (secondary N) is 1. The Kier molecular flexibility index (Phi) is 4.78. The summed E-state index contributed by atoms with van der Waals surface area (Å²) in [5.41, 5.74) is 1.00. The molecule has 0 aromatic heterocycles. The summed E-state index contributed by atoms with van der Waals surface area (Å²) >= 11 is 3.40. The van der Waals surface area contributed by atoms with Crippen molar-refractivity contribution in [3.63, 3.8) is 0 Å². The zero-order valence-corrected chi connectivity index (χ0v) is 11.8. The van der Waals surface area contributed by atoms with E-state index in [0.717, 1.165) is 29.3 Å². The summed E-state index contributed by atoms with van der Waals surface area (Å²) in [5.74, 6) is 0.273. The Morgan fingerprint density at radius 2 is 2.28 bits per heavy atom. The Labute approximate surface area is 116 Å². The van der Waals surface area contributed by atoms with E-state index in [1.54, 1.807) is 0 Å². The van der Waals surface area contributed by atoms with Crippen molar-refractivity contribution in [2.45, 2.75) is 31.7 Å². The molecular weight excluding hydrogens is 294 g/mol. The minimum absolute atomic E-state index is 0.0402. The van der Waals surface area contributed by atoms with E-state index in [1.165, 1.54) is 0 Å². The van der Waals surface area contributed by atoms with Crippen molar-refractivity contribution in [1.82, 2.24) is 5.32 Å². The van der Waals surface area contributed by atoms with Crippen LogP contribution in [-0.4, -0.2) is 23.7 Å². The number of aliphatic hydroxyl groups excluding tert-OH is 1. The number of amides is 1. The highest BCUT2D eigenvalue weighted by Gasteiger charge is 2.27. The molecule has 1 fully saturated rings. The molecule has 0 heterocycles. The number of aliphatic hydroxyl groups is 1. The molecule has 0 bridgehead atoms. The molecule has 1 amide bonds. The van der Waals surface area contributed by atoms with E-state index < -0.39 is 0 Å². The lowest BCUT2D eigenvalue weighted by molar-refractivity contribution is -0.121. The van der Waals surface area contributed by atoms with Gasteiger partial charge in [0.2, 0.25) is 5.91 Å². The Balaban J connectivity index is 1.89. The third-order valence-corrected chi connectivity index (χ3v) is 3.99. The van der Waals surface area contributed by atoms with Gasteiger partial charge in [-0.15, -0.1) is 0 Å². The maximum absolute atomic E-state index is 11.9. The van der Waals surface area contributed by atoms with Crippen LogP contribution in [0.1, 0.15) is 24.8 Å². The van der Waals surface area contributed by atoms with Crippen LogP contribution in [0.15, 0.2) is 28.7 Å². The summed E-state index contributed by atoms with van der Waals surface area (Å²) in [4.78, 5) is 11.9. The van der Waals surface area contributed by atoms with Gasteiger partial charge in [-0.2, -0.15) is 0 Å². The molecule has 0 saturated heterocycles. The molecule has 4 heteroatoms. The average molecular weight is 312 g/mol. The Bertz CT molecular complexity index is 422. The molecular formula is C14H18BrNO2. The smallest absolute Gasteiger partial charge is 0.224 e. The zero-order chi connectivity index (χ0) is 13.0. The summed E-state index contributed by atoms with van der Waals surface area (Å²) in [7, 11) is 0. The van der Waals surface area contributed by atoms with Gasteiger partial charge in [-0.25, -0.2) is 0 Å². The third kappa shape index (κ3) is 3.56. The van der Waals surface area contributed by atoms with Gasteiger partial charge < -0.3 is 10.4 Å². The molecule has 2 unspecified atom stereocenters. The quantitative estimate of drug-likeness (QED) is 0.896. The monoisotopic (exact) mass is 311 g/mol. The molecule has 1 aromatic carbocycles. The molecule has 2 atom stereocenters. The van der Waals surface area contributed by atoms with E-state index in [-0.39, 0.29) is 24.5 Å². The van der Waals surface area contributed by atoms with Gasteiger partial charge in [-0.1, -0.05) is 34.5 Å². The highest BCUT2D eigenvalue weighted by Crippen LogP contribution is 2.25. The Morgan fingerprint density at radius 1 is 1.44 bits per heavy atom. The first kappa shape index (κ1) is 13.6. The standard InChI is InChI=1S/C14H18BrNO2/c15-12-5-1-3-10(7-12)8-14(18)16-13-6-2-4-11(13)9-17/h1,3,5,7,11,13,17H,2,4,6,8-9H2,(H,16,18). The SMILES string of the molecule is O=C(Cc1cccc(Br)c1)NC1CCCC1CO. The van der Waals surface area contributed by atoms with Crippen LogP contribution in [0.25, 0.3) is 0 Å². The summed E-state index contributed by atoms with van der Waals surface area (Å²) in [6.45, 7) is 0.168. The van der Waals surface area contributed by atoms with Gasteiger partial charge in [0.15, 0.2) is 0 Å². The third-order valence-electron chi connectivity index (χ3n) is 3.49. The molecule has 1 aromatic rings. The number of benzene rings is 1. The van der Waals surface area contributed by atoms with Crippen molar-refractivity contribution >= 4 is 21.8 Å². The molecule has 1 aliphatic rings. The molecule has 2 rings (SSSR count). The van der Waals surface area contributed by atoms with Crippen molar-refractivity contribution in [2.75, 3.05) is 6.61 Å². The van der Waals surface area contributed by atoms with E-state index in [4.69, 9.17) is 0 Å². The highest BCUT2D eigenvalue weighted by molar-refractivity contribution is 9.10. The van der Waals surface area contributed by atoms with Gasteiger partial charge in [0, 0.05) is 23.0 Å². The van der Waals surface area contributed by atoms with Crippen molar-refractivity contribution < 1.29 is 9.90 Å². The van der Waals surface area contributed by atoms with E-state index in [0.29, 0.717) is 6.42 Å². The number of rotatable bonds is 4. The largest absolute Gasteiger partial charge is 0.396 e. The van der Waals surface area contributed by atoms with Gasteiger partial charge in [0.25, 0.3) is 0 Å². The molecule has 3 nitrogen and oxygen atoms in total. The fraction of sp³-hybridized carbons (Fsp3) is 0.500. The van der Waals surface area contributed by atoms with E-state index >= 15 is 0 Å². The second-order valence-corrected chi connectivity index (χ2v) is 5.77. The first-order valence-electron chi connectivity index (χ1n) is 6.33. The van der Waals surface area contributed by atoms with Crippen LogP contribution in [0.4, 0.5) is 0 Å². The molecule has 0 spiro atoms. The van der Waals surface area contributed by atoms with Gasteiger partial charge in [0.05, 0.1) is 6.42 Å². The lowest BCUT2D eigenvalue weighted by atomic mass is 10.0. The Morgan fingerprint density at radius 3 is 3.00 bits per heavy atom. The fourth-order valence-electron chi connectivity index (χ4n) is 2.54. The normalized spacial score (nSPS) is 23.0. The topological polar surface area (TPSA) is 49.3 Å². The molecule has 98 valence electrons. The van der Waals surface area contributed by atoms with E-state index in [1.807, 2.05) is 24.3 Å².